The number of hydrogen-bond donors (Lipinski definition) is 0. The van der Waals surface area contributed by atoms with Gasteiger partial charge in [-0.05, 0) is 50.5 Å². The summed E-state index contributed by atoms with van der Waals surface area (Å²) in [5.74, 6) is 1.20. The zero-order valence-corrected chi connectivity index (χ0v) is 15.2. The van der Waals surface area contributed by atoms with Crippen molar-refractivity contribution >= 4 is 17.0 Å². The van der Waals surface area contributed by atoms with Gasteiger partial charge in [0.15, 0.2) is 5.65 Å². The van der Waals surface area contributed by atoms with Crippen molar-refractivity contribution in [1.82, 2.24) is 14.8 Å². The molecule has 5 heteroatoms. The highest BCUT2D eigenvalue weighted by Gasteiger charge is 2.29. The molecule has 132 valence electrons. The normalized spacial score (nSPS) is 23.2. The summed E-state index contributed by atoms with van der Waals surface area (Å²) in [4.78, 5) is 17.6. The fraction of sp³-hybridized carbons (Fsp3) is 0.550. The number of fused-ring (bicyclic) bond motifs is 1. The molecular formula is C20H25N3O2. The molecule has 1 fully saturated rings. The first kappa shape index (κ1) is 16.3. The Morgan fingerprint density at radius 2 is 2.08 bits per heavy atom. The minimum Gasteiger partial charge on any atom is -0.462 e. The van der Waals surface area contributed by atoms with Crippen molar-refractivity contribution in [2.75, 3.05) is 6.61 Å². The maximum absolute atomic E-state index is 12.9. The Labute approximate surface area is 148 Å². The Balaban J connectivity index is 1.63. The first-order valence-electron chi connectivity index (χ1n) is 9.21. The van der Waals surface area contributed by atoms with Gasteiger partial charge in [0.1, 0.15) is 0 Å². The van der Waals surface area contributed by atoms with Gasteiger partial charge in [-0.15, -0.1) is 0 Å². The largest absolute Gasteiger partial charge is 0.462 e. The van der Waals surface area contributed by atoms with Crippen molar-refractivity contribution in [3.63, 3.8) is 0 Å². The molecule has 2 aromatic rings. The van der Waals surface area contributed by atoms with Gasteiger partial charge in [-0.1, -0.05) is 19.1 Å². The number of hydrogen-bond acceptors (Lipinski definition) is 4. The molecule has 5 nitrogen and oxygen atoms in total. The standard InChI is InChI=1S/C20H25N3O2/c1-12-6-4-5-7-15(12)11-25-20(24)16-10-17(14-8-9-14)21-19-18(16)13(2)22-23(19)3/h4-5,10,12,14-15H,6-9,11H2,1-3H3. The third-order valence-electron chi connectivity index (χ3n) is 5.55. The Hall–Kier alpha value is -2.17. The Bertz CT molecular complexity index is 848. The van der Waals surface area contributed by atoms with Gasteiger partial charge in [0.2, 0.25) is 0 Å². The van der Waals surface area contributed by atoms with Crippen molar-refractivity contribution in [2.45, 2.75) is 45.4 Å². The van der Waals surface area contributed by atoms with Crippen LogP contribution in [0.3, 0.4) is 0 Å². The molecule has 0 aliphatic heterocycles. The lowest BCUT2D eigenvalue weighted by molar-refractivity contribution is 0.0397. The van der Waals surface area contributed by atoms with Crippen molar-refractivity contribution < 1.29 is 9.53 Å². The molecule has 2 atom stereocenters. The van der Waals surface area contributed by atoms with E-state index in [9.17, 15) is 4.79 Å². The molecule has 2 unspecified atom stereocenters. The summed E-state index contributed by atoms with van der Waals surface area (Å²) >= 11 is 0. The van der Waals surface area contributed by atoms with Crippen LogP contribution < -0.4 is 0 Å². The van der Waals surface area contributed by atoms with Gasteiger partial charge in [-0.2, -0.15) is 5.10 Å². The topological polar surface area (TPSA) is 57.0 Å². The summed E-state index contributed by atoms with van der Waals surface area (Å²) in [5, 5.41) is 5.28. The van der Waals surface area contributed by atoms with Gasteiger partial charge < -0.3 is 4.74 Å². The smallest absolute Gasteiger partial charge is 0.339 e. The monoisotopic (exact) mass is 339 g/mol. The highest BCUT2D eigenvalue weighted by Crippen LogP contribution is 2.40. The second-order valence-corrected chi connectivity index (χ2v) is 7.56. The molecule has 0 N–H and O–H groups in total. The Kier molecular flexibility index (Phi) is 4.10. The maximum Gasteiger partial charge on any atom is 0.339 e. The molecule has 2 heterocycles. The van der Waals surface area contributed by atoms with E-state index in [-0.39, 0.29) is 5.97 Å². The number of pyridine rings is 1. The number of carbonyl (C=O) groups excluding carboxylic acids is 1. The van der Waals surface area contributed by atoms with Gasteiger partial charge in [0, 0.05) is 18.7 Å². The average molecular weight is 339 g/mol. The fourth-order valence-electron chi connectivity index (χ4n) is 3.71. The van der Waals surface area contributed by atoms with Gasteiger partial charge in [0.05, 0.1) is 23.3 Å². The average Bonchev–Trinajstić information content (AvgIpc) is 3.40. The first-order valence-corrected chi connectivity index (χ1v) is 9.21. The van der Waals surface area contributed by atoms with E-state index in [4.69, 9.17) is 9.72 Å². The number of nitrogens with zero attached hydrogens (tertiary/aromatic N) is 3. The Morgan fingerprint density at radius 3 is 2.80 bits per heavy atom. The van der Waals surface area contributed by atoms with Crippen LogP contribution >= 0.6 is 0 Å². The second kappa shape index (κ2) is 6.28. The van der Waals surface area contributed by atoms with Crippen LogP contribution in [-0.2, 0) is 11.8 Å². The molecule has 0 saturated heterocycles. The van der Waals surface area contributed by atoms with E-state index in [0.717, 1.165) is 48.1 Å². The van der Waals surface area contributed by atoms with E-state index in [0.29, 0.717) is 29.9 Å². The van der Waals surface area contributed by atoms with Crippen LogP contribution in [0, 0.1) is 18.8 Å². The number of ether oxygens (including phenoxy) is 1. The van der Waals surface area contributed by atoms with E-state index < -0.39 is 0 Å². The molecule has 25 heavy (non-hydrogen) atoms. The number of allylic oxidation sites excluding steroid dienone is 2. The van der Waals surface area contributed by atoms with Gasteiger partial charge in [-0.3, -0.25) is 4.68 Å². The molecule has 0 spiro atoms. The second-order valence-electron chi connectivity index (χ2n) is 7.56. The summed E-state index contributed by atoms with van der Waals surface area (Å²) in [7, 11) is 1.88. The number of aromatic nitrogens is 3. The summed E-state index contributed by atoms with van der Waals surface area (Å²) in [5.41, 5.74) is 3.23. The molecule has 2 aliphatic carbocycles. The van der Waals surface area contributed by atoms with Gasteiger partial charge in [0.25, 0.3) is 0 Å². The summed E-state index contributed by atoms with van der Waals surface area (Å²) in [6.45, 7) is 4.63. The van der Waals surface area contributed by atoms with E-state index in [1.165, 1.54) is 0 Å². The highest BCUT2D eigenvalue weighted by atomic mass is 16.5. The van der Waals surface area contributed by atoms with Crippen LogP contribution in [0.25, 0.3) is 11.0 Å². The lowest BCUT2D eigenvalue weighted by Crippen LogP contribution is -2.22. The summed E-state index contributed by atoms with van der Waals surface area (Å²) < 4.78 is 7.49. The van der Waals surface area contributed by atoms with Crippen LogP contribution in [0.1, 0.15) is 60.3 Å². The van der Waals surface area contributed by atoms with Gasteiger partial charge >= 0.3 is 5.97 Å². The van der Waals surface area contributed by atoms with Crippen LogP contribution in [0.5, 0.6) is 0 Å². The molecule has 2 aliphatic rings. The van der Waals surface area contributed by atoms with Crippen LogP contribution in [0.15, 0.2) is 18.2 Å². The third-order valence-corrected chi connectivity index (χ3v) is 5.55. The number of aryl methyl sites for hydroxylation is 2. The van der Waals surface area contributed by atoms with E-state index in [2.05, 4.69) is 24.2 Å². The molecule has 0 amide bonds. The predicted molar refractivity (Wildman–Crippen MR) is 96.5 cm³/mol. The quantitative estimate of drug-likeness (QED) is 0.626. The third kappa shape index (κ3) is 3.08. The van der Waals surface area contributed by atoms with Crippen LogP contribution in [0.4, 0.5) is 0 Å². The fourth-order valence-corrected chi connectivity index (χ4v) is 3.71. The predicted octanol–water partition coefficient (Wildman–Crippen LogP) is 3.91. The molecule has 0 radical (unpaired) electrons. The molecule has 0 bridgehead atoms. The van der Waals surface area contributed by atoms with Crippen molar-refractivity contribution in [2.24, 2.45) is 18.9 Å². The van der Waals surface area contributed by atoms with Crippen molar-refractivity contribution in [3.8, 4) is 0 Å². The zero-order valence-electron chi connectivity index (χ0n) is 15.2. The first-order chi connectivity index (χ1) is 12.0. The minimum atomic E-state index is -0.243. The van der Waals surface area contributed by atoms with Gasteiger partial charge in [-0.25, -0.2) is 9.78 Å². The number of esters is 1. The summed E-state index contributed by atoms with van der Waals surface area (Å²) in [6, 6.07) is 1.93. The zero-order chi connectivity index (χ0) is 17.6. The molecule has 4 rings (SSSR count). The Morgan fingerprint density at radius 1 is 1.32 bits per heavy atom. The number of carbonyl (C=O) groups is 1. The summed E-state index contributed by atoms with van der Waals surface area (Å²) in [6.07, 6.45) is 8.76. The van der Waals surface area contributed by atoms with Crippen molar-refractivity contribution in [1.29, 1.82) is 0 Å². The highest BCUT2D eigenvalue weighted by molar-refractivity contribution is 6.03. The lowest BCUT2D eigenvalue weighted by atomic mass is 9.85. The van der Waals surface area contributed by atoms with Crippen LogP contribution in [0.2, 0.25) is 0 Å². The van der Waals surface area contributed by atoms with E-state index in [1.54, 1.807) is 4.68 Å². The molecular weight excluding hydrogens is 314 g/mol. The molecule has 2 aromatic heterocycles. The lowest BCUT2D eigenvalue weighted by Gasteiger charge is -2.24. The van der Waals surface area contributed by atoms with E-state index >= 15 is 0 Å². The van der Waals surface area contributed by atoms with E-state index in [1.807, 2.05) is 20.0 Å². The van der Waals surface area contributed by atoms with Crippen molar-refractivity contribution in [3.05, 3.63) is 35.2 Å². The van der Waals surface area contributed by atoms with Crippen LogP contribution in [-0.4, -0.2) is 27.3 Å². The minimum absolute atomic E-state index is 0.243. The number of rotatable bonds is 4. The SMILES string of the molecule is Cc1nn(C)c2nc(C3CC3)cc(C(=O)OCC3CC=CCC3C)c12. The molecule has 1 saturated carbocycles. The maximum atomic E-state index is 12.9. The molecule has 0 aromatic carbocycles.